The van der Waals surface area contributed by atoms with Gasteiger partial charge in [-0.3, -0.25) is 4.79 Å². The van der Waals surface area contributed by atoms with E-state index in [9.17, 15) is 9.59 Å². The largest absolute Gasteiger partial charge is 0.474 e. The molecule has 4 saturated carbocycles. The van der Waals surface area contributed by atoms with Gasteiger partial charge in [0, 0.05) is 6.04 Å². The number of carboxylic acid groups (broad SMARTS) is 1. The summed E-state index contributed by atoms with van der Waals surface area (Å²) in [6.45, 7) is 5.06. The number of carbonyl (C=O) groups excluding carboxylic acids is 1. The van der Waals surface area contributed by atoms with E-state index in [4.69, 9.17) is 5.11 Å². The molecule has 2 N–H and O–H groups in total. The van der Waals surface area contributed by atoms with Crippen molar-refractivity contribution in [1.29, 1.82) is 0 Å². The first kappa shape index (κ1) is 17.4. The van der Waals surface area contributed by atoms with Crippen LogP contribution in [0.2, 0.25) is 0 Å². The van der Waals surface area contributed by atoms with Crippen molar-refractivity contribution in [3.05, 3.63) is 0 Å². The van der Waals surface area contributed by atoms with Crippen molar-refractivity contribution in [1.82, 2.24) is 5.32 Å². The normalized spacial score (nSPS) is 48.8. The molecule has 0 aliphatic heterocycles. The number of aliphatic carboxylic acids is 1. The van der Waals surface area contributed by atoms with Gasteiger partial charge in [0.15, 0.2) is 0 Å². The van der Waals surface area contributed by atoms with Gasteiger partial charge in [-0.2, -0.15) is 0 Å². The van der Waals surface area contributed by atoms with Crippen molar-refractivity contribution >= 4 is 11.9 Å². The number of rotatable bonds is 1. The highest BCUT2D eigenvalue weighted by Crippen LogP contribution is 2.66. The fraction of sp³-hybridized carbons (Fsp3) is 0.905. The Labute approximate surface area is 151 Å². The second kappa shape index (κ2) is 5.99. The van der Waals surface area contributed by atoms with E-state index in [0.717, 1.165) is 37.0 Å². The molecule has 0 saturated heterocycles. The maximum Gasteiger partial charge on any atom is 0.394 e. The maximum absolute atomic E-state index is 11.5. The molecule has 4 aliphatic rings. The molecule has 25 heavy (non-hydrogen) atoms. The summed E-state index contributed by atoms with van der Waals surface area (Å²) in [6.07, 6.45) is 12.8. The number of hydrogen-bond acceptors (Lipinski definition) is 2. The highest BCUT2D eigenvalue weighted by molar-refractivity contribution is 6.31. The van der Waals surface area contributed by atoms with Crippen molar-refractivity contribution in [2.45, 2.75) is 84.1 Å². The van der Waals surface area contributed by atoms with Crippen molar-refractivity contribution in [2.75, 3.05) is 0 Å². The molecule has 4 aliphatic carbocycles. The van der Waals surface area contributed by atoms with Crippen LogP contribution in [0.3, 0.4) is 0 Å². The molecule has 7 atom stereocenters. The van der Waals surface area contributed by atoms with Crippen molar-refractivity contribution in [3.8, 4) is 0 Å². The number of carboxylic acids is 1. The smallest absolute Gasteiger partial charge is 0.394 e. The summed E-state index contributed by atoms with van der Waals surface area (Å²) in [5, 5.41) is 11.6. The van der Waals surface area contributed by atoms with Crippen molar-refractivity contribution in [2.24, 2.45) is 34.5 Å². The molecule has 0 aromatic rings. The molecule has 0 bridgehead atoms. The van der Waals surface area contributed by atoms with Gasteiger partial charge in [0.25, 0.3) is 0 Å². The van der Waals surface area contributed by atoms with Gasteiger partial charge in [-0.25, -0.2) is 4.79 Å². The zero-order valence-electron chi connectivity index (χ0n) is 15.7. The van der Waals surface area contributed by atoms with Gasteiger partial charge in [-0.15, -0.1) is 0 Å². The SMILES string of the molecule is C[C@@]12CCC[C@H]1C1CC[C@@H]3C[C@H](NC(=O)C(=O)O)CC[C@]3(C)C1CC2. The first-order valence-corrected chi connectivity index (χ1v) is 10.4. The van der Waals surface area contributed by atoms with E-state index in [0.29, 0.717) is 16.7 Å². The lowest BCUT2D eigenvalue weighted by Gasteiger charge is -2.60. The van der Waals surface area contributed by atoms with Gasteiger partial charge in [0.1, 0.15) is 0 Å². The summed E-state index contributed by atoms with van der Waals surface area (Å²) in [4.78, 5) is 22.4. The Morgan fingerprint density at radius 3 is 2.52 bits per heavy atom. The highest BCUT2D eigenvalue weighted by Gasteiger charge is 2.57. The zero-order valence-corrected chi connectivity index (χ0v) is 15.7. The van der Waals surface area contributed by atoms with E-state index in [1.807, 2.05) is 0 Å². The summed E-state index contributed by atoms with van der Waals surface area (Å²) in [5.41, 5.74) is 1.01. The molecule has 4 heteroatoms. The molecule has 0 aromatic carbocycles. The van der Waals surface area contributed by atoms with E-state index in [2.05, 4.69) is 19.2 Å². The first-order valence-electron chi connectivity index (χ1n) is 10.4. The number of nitrogens with one attached hydrogen (secondary N) is 1. The van der Waals surface area contributed by atoms with E-state index in [1.165, 1.54) is 44.9 Å². The fourth-order valence-corrected chi connectivity index (χ4v) is 7.63. The number of amides is 1. The Balaban J connectivity index is 1.48. The van der Waals surface area contributed by atoms with Gasteiger partial charge in [-0.05, 0) is 92.3 Å². The second-order valence-corrected chi connectivity index (χ2v) is 9.99. The first-order chi connectivity index (χ1) is 11.8. The van der Waals surface area contributed by atoms with Gasteiger partial charge < -0.3 is 10.4 Å². The lowest BCUT2D eigenvalue weighted by Crippen LogP contribution is -2.55. The van der Waals surface area contributed by atoms with Crippen LogP contribution in [0.15, 0.2) is 0 Å². The van der Waals surface area contributed by atoms with Crippen LogP contribution in [0.4, 0.5) is 0 Å². The monoisotopic (exact) mass is 347 g/mol. The molecule has 0 heterocycles. The van der Waals surface area contributed by atoms with Gasteiger partial charge in [0.2, 0.25) is 0 Å². The van der Waals surface area contributed by atoms with E-state index in [1.54, 1.807) is 0 Å². The predicted octanol–water partition coefficient (Wildman–Crippen LogP) is 3.99. The Hall–Kier alpha value is -1.06. The molecule has 4 fully saturated rings. The molecule has 140 valence electrons. The quantitative estimate of drug-likeness (QED) is 0.705. The summed E-state index contributed by atoms with van der Waals surface area (Å²) < 4.78 is 0. The van der Waals surface area contributed by atoms with E-state index in [-0.39, 0.29) is 6.04 Å². The van der Waals surface area contributed by atoms with Crippen LogP contribution >= 0.6 is 0 Å². The van der Waals surface area contributed by atoms with Crippen LogP contribution in [-0.2, 0) is 9.59 Å². The third-order valence-corrected chi connectivity index (χ3v) is 8.98. The third kappa shape index (κ3) is 2.71. The maximum atomic E-state index is 11.5. The Bertz CT molecular complexity index is 575. The average Bonchev–Trinajstić information content (AvgIpc) is 2.96. The van der Waals surface area contributed by atoms with Gasteiger partial charge >= 0.3 is 11.9 Å². The molecule has 0 aromatic heterocycles. The molecule has 1 amide bonds. The number of carbonyl (C=O) groups is 2. The minimum Gasteiger partial charge on any atom is -0.474 e. The molecule has 4 rings (SSSR count). The van der Waals surface area contributed by atoms with Crippen LogP contribution in [0.1, 0.15) is 78.1 Å². The Morgan fingerprint density at radius 2 is 1.76 bits per heavy atom. The standard InChI is InChI=1S/C21H33NO3/c1-20-9-3-4-16(20)15-6-5-13-12-14(22-18(23)19(24)25)7-11-21(13,2)17(15)8-10-20/h13-17H,3-12H2,1-2H3,(H,22,23)(H,24,25)/t13-,14-,15?,16+,17?,20+,21+/m1/s1. The molecular weight excluding hydrogens is 314 g/mol. The molecule has 0 radical (unpaired) electrons. The van der Waals surface area contributed by atoms with E-state index >= 15 is 0 Å². The van der Waals surface area contributed by atoms with Crippen LogP contribution in [0.5, 0.6) is 0 Å². The van der Waals surface area contributed by atoms with Crippen molar-refractivity contribution < 1.29 is 14.7 Å². The van der Waals surface area contributed by atoms with Crippen LogP contribution in [0, 0.1) is 34.5 Å². The highest BCUT2D eigenvalue weighted by atomic mass is 16.4. The summed E-state index contributed by atoms with van der Waals surface area (Å²) in [5.74, 6) is 1.15. The van der Waals surface area contributed by atoms with Crippen LogP contribution < -0.4 is 5.32 Å². The number of fused-ring (bicyclic) bond motifs is 5. The van der Waals surface area contributed by atoms with Gasteiger partial charge in [0.05, 0.1) is 0 Å². The lowest BCUT2D eigenvalue weighted by atomic mass is 9.45. The second-order valence-electron chi connectivity index (χ2n) is 9.99. The summed E-state index contributed by atoms with van der Waals surface area (Å²) in [7, 11) is 0. The fourth-order valence-electron chi connectivity index (χ4n) is 7.63. The minimum atomic E-state index is -1.36. The van der Waals surface area contributed by atoms with Crippen LogP contribution in [-0.4, -0.2) is 23.0 Å². The number of hydrogen-bond donors (Lipinski definition) is 2. The van der Waals surface area contributed by atoms with Gasteiger partial charge in [-0.1, -0.05) is 20.3 Å². The third-order valence-electron chi connectivity index (χ3n) is 8.98. The molecule has 2 unspecified atom stereocenters. The predicted molar refractivity (Wildman–Crippen MR) is 95.9 cm³/mol. The minimum absolute atomic E-state index is 0.0542. The van der Waals surface area contributed by atoms with Crippen LogP contribution in [0.25, 0.3) is 0 Å². The summed E-state index contributed by atoms with van der Waals surface area (Å²) >= 11 is 0. The Morgan fingerprint density at radius 1 is 0.960 bits per heavy atom. The molecule has 0 spiro atoms. The molecule has 4 nitrogen and oxygen atoms in total. The zero-order chi connectivity index (χ0) is 17.8. The topological polar surface area (TPSA) is 66.4 Å². The Kier molecular flexibility index (Phi) is 4.16. The average molecular weight is 347 g/mol. The molecular formula is C21H33NO3. The van der Waals surface area contributed by atoms with E-state index < -0.39 is 11.9 Å². The van der Waals surface area contributed by atoms with Crippen molar-refractivity contribution in [3.63, 3.8) is 0 Å². The lowest BCUT2D eigenvalue weighted by molar-refractivity contribution is -0.151. The summed E-state index contributed by atoms with van der Waals surface area (Å²) in [6, 6.07) is 0.0542.